The third kappa shape index (κ3) is 8.02. The van der Waals surface area contributed by atoms with Gasteiger partial charge in [0.25, 0.3) is 10.0 Å². The first-order chi connectivity index (χ1) is 24.4. The molecule has 15 heteroatoms. The maximum absolute atomic E-state index is 14.3. The van der Waals surface area contributed by atoms with Crippen molar-refractivity contribution in [2.75, 3.05) is 25.6 Å². The van der Waals surface area contributed by atoms with Gasteiger partial charge in [-0.2, -0.15) is 13.2 Å². The molecule has 6 rings (SSSR count). The molecule has 272 valence electrons. The Morgan fingerprint density at radius 2 is 1.78 bits per heavy atom. The van der Waals surface area contributed by atoms with Crippen molar-refractivity contribution in [3.05, 3.63) is 95.0 Å². The van der Waals surface area contributed by atoms with E-state index in [1.807, 2.05) is 7.05 Å². The molecule has 51 heavy (non-hydrogen) atoms. The van der Waals surface area contributed by atoms with Crippen LogP contribution in [-0.2, 0) is 22.7 Å². The summed E-state index contributed by atoms with van der Waals surface area (Å²) >= 11 is 6.63. The average molecular weight is 746 g/mol. The van der Waals surface area contributed by atoms with Crippen molar-refractivity contribution in [1.29, 1.82) is 0 Å². The molecule has 2 fully saturated rings. The summed E-state index contributed by atoms with van der Waals surface area (Å²) in [5.74, 6) is 1.14. The summed E-state index contributed by atoms with van der Waals surface area (Å²) in [6.45, 7) is -0.147. The smallest absolute Gasteiger partial charge is 0.416 e. The van der Waals surface area contributed by atoms with E-state index in [4.69, 9.17) is 25.8 Å². The van der Waals surface area contributed by atoms with Crippen LogP contribution in [-0.4, -0.2) is 67.7 Å². The van der Waals surface area contributed by atoms with Gasteiger partial charge in [-0.1, -0.05) is 36.2 Å². The number of sulfonamides is 1. The third-order valence-electron chi connectivity index (χ3n) is 9.87. The van der Waals surface area contributed by atoms with E-state index in [1.165, 1.54) is 57.1 Å². The van der Waals surface area contributed by atoms with Crippen molar-refractivity contribution in [3.63, 3.8) is 0 Å². The van der Waals surface area contributed by atoms with Gasteiger partial charge in [-0.05, 0) is 74.9 Å². The number of ether oxygens (including phenoxy) is 3. The van der Waals surface area contributed by atoms with E-state index in [-0.39, 0.29) is 46.4 Å². The Balaban J connectivity index is 1.26. The standard InChI is InChI=1S/C36H39ClF3N5O5S/c1-44(27-8-5-9-27)29-19-24(23-6-4-7-26(18-23)36(38,39)40)11-13-30(29)50-34-15-14-32(35(37)43-34)51(46,47)45(33-16-17-41-22-42-33)21-25-10-12-28(48-2)20-31(25)49-3/h4,6-7,10,12,14-18,20,22,24,27,29-30H,5,8-9,11,13,19,21H2,1-3H3/t24-,29-,30-/m0/s1. The Morgan fingerprint density at radius 3 is 2.43 bits per heavy atom. The van der Waals surface area contributed by atoms with E-state index < -0.39 is 21.8 Å². The predicted octanol–water partition coefficient (Wildman–Crippen LogP) is 7.52. The van der Waals surface area contributed by atoms with Gasteiger partial charge in [-0.3, -0.25) is 4.90 Å². The summed E-state index contributed by atoms with van der Waals surface area (Å²) in [6, 6.07) is 15.2. The van der Waals surface area contributed by atoms with Crippen LogP contribution in [0.4, 0.5) is 19.0 Å². The van der Waals surface area contributed by atoms with Gasteiger partial charge in [-0.25, -0.2) is 27.7 Å². The zero-order valence-electron chi connectivity index (χ0n) is 28.4. The van der Waals surface area contributed by atoms with Crippen LogP contribution in [0.2, 0.25) is 5.15 Å². The van der Waals surface area contributed by atoms with Gasteiger partial charge >= 0.3 is 6.18 Å². The second-order valence-electron chi connectivity index (χ2n) is 12.8. The molecule has 2 saturated carbocycles. The van der Waals surface area contributed by atoms with Crippen molar-refractivity contribution in [2.45, 2.75) is 80.2 Å². The number of benzene rings is 2. The molecule has 0 unspecified atom stereocenters. The minimum absolute atomic E-state index is 0.0825. The van der Waals surface area contributed by atoms with Gasteiger partial charge in [0, 0.05) is 42.0 Å². The van der Waals surface area contributed by atoms with E-state index in [1.54, 1.807) is 24.3 Å². The Kier molecular flexibility index (Phi) is 10.9. The molecule has 10 nitrogen and oxygen atoms in total. The monoisotopic (exact) mass is 745 g/mol. The zero-order chi connectivity index (χ0) is 36.3. The fourth-order valence-electron chi connectivity index (χ4n) is 6.82. The number of aromatic nitrogens is 3. The van der Waals surface area contributed by atoms with Crippen LogP contribution in [0.1, 0.15) is 61.1 Å². The molecule has 0 aliphatic heterocycles. The number of alkyl halides is 3. The summed E-state index contributed by atoms with van der Waals surface area (Å²) in [4.78, 5) is 14.5. The number of anilines is 1. The molecule has 0 N–H and O–H groups in total. The first kappa shape index (κ1) is 36.6. The number of pyridine rings is 1. The summed E-state index contributed by atoms with van der Waals surface area (Å²) in [6.07, 6.45) is 2.89. The highest BCUT2D eigenvalue weighted by atomic mass is 35.5. The van der Waals surface area contributed by atoms with Gasteiger partial charge < -0.3 is 14.2 Å². The molecular weight excluding hydrogens is 707 g/mol. The molecule has 2 aliphatic rings. The second kappa shape index (κ2) is 15.2. The third-order valence-corrected chi connectivity index (χ3v) is 12.1. The van der Waals surface area contributed by atoms with Crippen molar-refractivity contribution < 1.29 is 35.8 Å². The van der Waals surface area contributed by atoms with E-state index >= 15 is 0 Å². The second-order valence-corrected chi connectivity index (χ2v) is 15.0. The highest BCUT2D eigenvalue weighted by Gasteiger charge is 2.40. The van der Waals surface area contributed by atoms with Gasteiger partial charge in [0.1, 0.15) is 34.6 Å². The van der Waals surface area contributed by atoms with Gasteiger partial charge in [-0.15, -0.1) is 0 Å². The molecule has 2 aromatic carbocycles. The van der Waals surface area contributed by atoms with E-state index in [0.717, 1.165) is 29.6 Å². The number of hydrogen-bond donors (Lipinski definition) is 0. The van der Waals surface area contributed by atoms with Crippen LogP contribution in [0.3, 0.4) is 0 Å². The van der Waals surface area contributed by atoms with Gasteiger partial charge in [0.2, 0.25) is 5.88 Å². The fourth-order valence-corrected chi connectivity index (χ4v) is 8.65. The quantitative estimate of drug-likeness (QED) is 0.136. The maximum Gasteiger partial charge on any atom is 0.416 e. The number of nitrogens with zero attached hydrogens (tertiary/aromatic N) is 5. The molecule has 4 aromatic rings. The van der Waals surface area contributed by atoms with Crippen molar-refractivity contribution in [2.24, 2.45) is 0 Å². The van der Waals surface area contributed by atoms with Crippen LogP contribution in [0.25, 0.3) is 0 Å². The molecular formula is C36H39ClF3N5O5S. The van der Waals surface area contributed by atoms with Crippen LogP contribution in [0, 0.1) is 0 Å². The summed E-state index contributed by atoms with van der Waals surface area (Å²) in [5, 5.41) is -0.283. The Hall–Kier alpha value is -4.14. The van der Waals surface area contributed by atoms with Crippen LogP contribution < -0.4 is 18.5 Å². The first-order valence-corrected chi connectivity index (χ1v) is 18.4. The van der Waals surface area contributed by atoms with Gasteiger partial charge in [0.15, 0.2) is 5.15 Å². The van der Waals surface area contributed by atoms with Crippen molar-refractivity contribution >= 4 is 27.4 Å². The summed E-state index contributed by atoms with van der Waals surface area (Å²) in [7, 11) is 0.699. The highest BCUT2D eigenvalue weighted by molar-refractivity contribution is 7.92. The lowest BCUT2D eigenvalue weighted by molar-refractivity contribution is -0.137. The number of likely N-dealkylation sites (N-methyl/N-ethyl adjacent to an activating group) is 1. The molecule has 0 spiro atoms. The Labute approximate surface area is 300 Å². The fraction of sp³-hybridized carbons (Fsp3) is 0.417. The van der Waals surface area contributed by atoms with E-state index in [0.29, 0.717) is 47.9 Å². The molecule has 3 atom stereocenters. The molecule has 0 radical (unpaired) electrons. The lowest BCUT2D eigenvalue weighted by atomic mass is 9.77. The van der Waals surface area contributed by atoms with Crippen LogP contribution in [0.15, 0.2) is 78.1 Å². The molecule has 0 bridgehead atoms. The maximum atomic E-state index is 14.3. The SMILES string of the molecule is COc1ccc(CN(c2ccncn2)S(=O)(=O)c2ccc(O[C@H]3CC[C@H](c4cccc(C(F)(F)F)c4)C[C@@H]3N(C)C3CCC3)nc2Cl)c(OC)c1. The number of methoxy groups -OCH3 is 2. The summed E-state index contributed by atoms with van der Waals surface area (Å²) in [5.41, 5.74) is 0.552. The largest absolute Gasteiger partial charge is 0.497 e. The van der Waals surface area contributed by atoms with Crippen molar-refractivity contribution in [3.8, 4) is 17.4 Å². The highest BCUT2D eigenvalue weighted by Crippen LogP contribution is 2.41. The Morgan fingerprint density at radius 1 is 0.980 bits per heavy atom. The average Bonchev–Trinajstić information content (AvgIpc) is 3.10. The van der Waals surface area contributed by atoms with E-state index in [9.17, 15) is 21.6 Å². The van der Waals surface area contributed by atoms with Gasteiger partial charge in [0.05, 0.1) is 26.3 Å². The Bertz CT molecular complexity index is 1930. The van der Waals surface area contributed by atoms with Crippen LogP contribution in [0.5, 0.6) is 17.4 Å². The summed E-state index contributed by atoms with van der Waals surface area (Å²) < 4.78 is 87.4. The lowest BCUT2D eigenvalue weighted by Gasteiger charge is -2.46. The molecule has 2 aliphatic carbocycles. The van der Waals surface area contributed by atoms with E-state index in [2.05, 4.69) is 19.9 Å². The lowest BCUT2D eigenvalue weighted by Crippen LogP contribution is -2.53. The normalized spacial score (nSPS) is 19.7. The molecule has 0 amide bonds. The van der Waals surface area contributed by atoms with Crippen LogP contribution >= 0.6 is 11.6 Å². The predicted molar refractivity (Wildman–Crippen MR) is 186 cm³/mol. The molecule has 2 heterocycles. The number of rotatable bonds is 12. The first-order valence-electron chi connectivity index (χ1n) is 16.6. The number of hydrogen-bond acceptors (Lipinski definition) is 9. The van der Waals surface area contributed by atoms with Crippen molar-refractivity contribution in [1.82, 2.24) is 19.9 Å². The number of halogens is 4. The minimum atomic E-state index is -4.42. The zero-order valence-corrected chi connectivity index (χ0v) is 30.0. The minimum Gasteiger partial charge on any atom is -0.497 e. The topological polar surface area (TPSA) is 107 Å². The molecule has 0 saturated heterocycles. The molecule has 2 aromatic heterocycles.